The maximum absolute atomic E-state index is 13.2. The van der Waals surface area contributed by atoms with Gasteiger partial charge in [-0.2, -0.15) is 0 Å². The lowest BCUT2D eigenvalue weighted by atomic mass is 9.88. The Morgan fingerprint density at radius 1 is 0.895 bits per heavy atom. The summed E-state index contributed by atoms with van der Waals surface area (Å²) in [6.07, 6.45) is 3.57. The lowest BCUT2D eigenvalue weighted by molar-refractivity contribution is 0.483. The van der Waals surface area contributed by atoms with Crippen molar-refractivity contribution in [2.24, 2.45) is 7.05 Å². The summed E-state index contributed by atoms with van der Waals surface area (Å²) in [6, 6.07) is 17.6. The van der Waals surface area contributed by atoms with Crippen LogP contribution in [-0.2, 0) is 12.5 Å². The van der Waals surface area contributed by atoms with E-state index < -0.39 is 0 Å². The quantitative estimate of drug-likeness (QED) is 0.264. The first-order valence-electron chi connectivity index (χ1n) is 12.2. The van der Waals surface area contributed by atoms with Crippen molar-refractivity contribution in [3.05, 3.63) is 84.4 Å². The molecule has 2 N–H and O–H groups in total. The number of aromatic amines is 1. The van der Waals surface area contributed by atoms with Gasteiger partial charge in [0.1, 0.15) is 28.5 Å². The third-order valence-corrected chi connectivity index (χ3v) is 6.37. The number of rotatable bonds is 5. The van der Waals surface area contributed by atoms with Gasteiger partial charge in [0.2, 0.25) is 5.95 Å². The number of halogens is 1. The Morgan fingerprint density at radius 3 is 2.47 bits per heavy atom. The first kappa shape index (κ1) is 23.6. The predicted molar refractivity (Wildman–Crippen MR) is 146 cm³/mol. The smallest absolute Gasteiger partial charge is 0.208 e. The molecule has 0 radical (unpaired) electrons. The van der Waals surface area contributed by atoms with Crippen LogP contribution in [0.2, 0.25) is 0 Å². The monoisotopic (exact) mass is 507 g/mol. The predicted octanol–water partition coefficient (Wildman–Crippen LogP) is 6.88. The van der Waals surface area contributed by atoms with E-state index in [1.54, 1.807) is 24.4 Å². The highest BCUT2D eigenvalue weighted by Gasteiger charge is 2.17. The number of hydrogen-bond donors (Lipinski definition) is 2. The standard InChI is InChI=1S/C29H26FN7O/c1-29(2,3)17-13-24-26(32-16-17)36-27(34-24)23-15-21(11-12-31-23)38-20-9-10-25-22(14-20)35-28(37(25)4)33-19-7-5-18(30)6-8-19/h5-16H,1-4H3,(H,33,35)(H,32,34,36). The van der Waals surface area contributed by atoms with Gasteiger partial charge in [0, 0.05) is 37.3 Å². The largest absolute Gasteiger partial charge is 0.457 e. The van der Waals surface area contributed by atoms with E-state index in [1.165, 1.54) is 12.1 Å². The zero-order chi connectivity index (χ0) is 26.4. The second-order valence-corrected chi connectivity index (χ2v) is 10.2. The van der Waals surface area contributed by atoms with Gasteiger partial charge in [0.05, 0.1) is 11.0 Å². The molecule has 6 rings (SSSR count). The fourth-order valence-corrected chi connectivity index (χ4v) is 4.18. The topological polar surface area (TPSA) is 93.5 Å². The van der Waals surface area contributed by atoms with Crippen molar-refractivity contribution in [3.63, 3.8) is 0 Å². The number of fused-ring (bicyclic) bond motifs is 2. The van der Waals surface area contributed by atoms with Crippen LogP contribution in [0, 0.1) is 5.82 Å². The van der Waals surface area contributed by atoms with E-state index in [2.05, 4.69) is 52.1 Å². The van der Waals surface area contributed by atoms with E-state index in [9.17, 15) is 4.39 Å². The fourth-order valence-electron chi connectivity index (χ4n) is 4.18. The van der Waals surface area contributed by atoms with Crippen molar-refractivity contribution in [3.8, 4) is 23.0 Å². The average molecular weight is 508 g/mol. The van der Waals surface area contributed by atoms with Crippen LogP contribution in [0.3, 0.4) is 0 Å². The van der Waals surface area contributed by atoms with Crippen LogP contribution in [0.5, 0.6) is 11.5 Å². The first-order chi connectivity index (χ1) is 18.2. The van der Waals surface area contributed by atoms with E-state index >= 15 is 0 Å². The summed E-state index contributed by atoms with van der Waals surface area (Å²) in [6.45, 7) is 6.45. The molecule has 9 heteroatoms. The van der Waals surface area contributed by atoms with Gasteiger partial charge in [-0.25, -0.2) is 19.3 Å². The number of aromatic nitrogens is 6. The molecule has 0 saturated heterocycles. The van der Waals surface area contributed by atoms with Crippen molar-refractivity contribution >= 4 is 33.8 Å². The van der Waals surface area contributed by atoms with Gasteiger partial charge in [-0.05, 0) is 59.5 Å². The number of H-pyrrole nitrogens is 1. The Morgan fingerprint density at radius 2 is 1.68 bits per heavy atom. The summed E-state index contributed by atoms with van der Waals surface area (Å²) in [4.78, 5) is 21.7. The second kappa shape index (κ2) is 8.95. The molecule has 0 atom stereocenters. The lowest BCUT2D eigenvalue weighted by Crippen LogP contribution is -2.11. The number of aryl methyl sites for hydroxylation is 1. The molecule has 2 aromatic carbocycles. The van der Waals surface area contributed by atoms with Crippen molar-refractivity contribution in [2.75, 3.05) is 5.32 Å². The van der Waals surface area contributed by atoms with Gasteiger partial charge >= 0.3 is 0 Å². The maximum atomic E-state index is 13.2. The molecule has 0 amide bonds. The molecule has 0 aliphatic heterocycles. The van der Waals surface area contributed by atoms with Crippen LogP contribution in [0.4, 0.5) is 16.0 Å². The number of anilines is 2. The van der Waals surface area contributed by atoms with Gasteiger partial charge < -0.3 is 19.6 Å². The molecular formula is C29H26FN7O. The number of benzene rings is 2. The Balaban J connectivity index is 1.25. The number of pyridine rings is 2. The molecule has 0 unspecified atom stereocenters. The lowest BCUT2D eigenvalue weighted by Gasteiger charge is -2.17. The first-order valence-corrected chi connectivity index (χ1v) is 12.2. The van der Waals surface area contributed by atoms with Crippen LogP contribution in [0.15, 0.2) is 73.1 Å². The zero-order valence-electron chi connectivity index (χ0n) is 21.5. The molecule has 0 fully saturated rings. The molecule has 6 aromatic rings. The number of imidazole rings is 2. The van der Waals surface area contributed by atoms with Crippen molar-refractivity contribution in [1.29, 1.82) is 0 Å². The molecule has 0 aliphatic carbocycles. The minimum atomic E-state index is -0.284. The highest BCUT2D eigenvalue weighted by molar-refractivity contribution is 5.81. The fraction of sp³-hybridized carbons (Fsp3) is 0.172. The van der Waals surface area contributed by atoms with E-state index in [0.29, 0.717) is 34.6 Å². The summed E-state index contributed by atoms with van der Waals surface area (Å²) in [7, 11) is 1.92. The van der Waals surface area contributed by atoms with Crippen LogP contribution < -0.4 is 10.1 Å². The molecule has 0 spiro atoms. The molecule has 8 nitrogen and oxygen atoms in total. The molecule has 4 aromatic heterocycles. The van der Waals surface area contributed by atoms with E-state index in [0.717, 1.165) is 27.8 Å². The minimum absolute atomic E-state index is 0.0151. The Labute approximate surface area is 218 Å². The Bertz CT molecular complexity index is 1780. The molecule has 0 bridgehead atoms. The normalized spacial score (nSPS) is 11.8. The number of nitrogens with zero attached hydrogens (tertiary/aromatic N) is 5. The number of nitrogens with one attached hydrogen (secondary N) is 2. The Hall–Kier alpha value is -4.79. The SMILES string of the molecule is Cn1c(Nc2ccc(F)cc2)nc2cc(Oc3ccnc(-c4nc5cc(C(C)(C)C)cnc5[nH]4)c3)ccc21. The molecule has 38 heavy (non-hydrogen) atoms. The molecule has 0 aliphatic rings. The van der Waals surface area contributed by atoms with Crippen molar-refractivity contribution < 1.29 is 9.13 Å². The van der Waals surface area contributed by atoms with E-state index in [4.69, 9.17) is 9.72 Å². The average Bonchev–Trinajstić information content (AvgIpc) is 3.45. The maximum Gasteiger partial charge on any atom is 0.208 e. The molecule has 4 heterocycles. The molecular weight excluding hydrogens is 481 g/mol. The van der Waals surface area contributed by atoms with Crippen LogP contribution in [0.1, 0.15) is 26.3 Å². The van der Waals surface area contributed by atoms with Crippen LogP contribution >= 0.6 is 0 Å². The third-order valence-electron chi connectivity index (χ3n) is 6.37. The number of hydrogen-bond acceptors (Lipinski definition) is 6. The van der Waals surface area contributed by atoms with Crippen LogP contribution in [0.25, 0.3) is 33.7 Å². The Kier molecular flexibility index (Phi) is 5.56. The summed E-state index contributed by atoms with van der Waals surface area (Å²) >= 11 is 0. The van der Waals surface area contributed by atoms with Gasteiger partial charge in [0.25, 0.3) is 0 Å². The zero-order valence-corrected chi connectivity index (χ0v) is 21.5. The highest BCUT2D eigenvalue weighted by atomic mass is 19.1. The summed E-state index contributed by atoms with van der Waals surface area (Å²) in [5.74, 6) is 2.25. The highest BCUT2D eigenvalue weighted by Crippen LogP contribution is 2.30. The van der Waals surface area contributed by atoms with Gasteiger partial charge in [-0.3, -0.25) is 4.98 Å². The van der Waals surface area contributed by atoms with Gasteiger partial charge in [0.15, 0.2) is 11.5 Å². The summed E-state index contributed by atoms with van der Waals surface area (Å²) in [5, 5.41) is 3.23. The van der Waals surface area contributed by atoms with E-state index in [1.807, 2.05) is 42.1 Å². The second-order valence-electron chi connectivity index (χ2n) is 10.2. The van der Waals surface area contributed by atoms with Gasteiger partial charge in [-0.15, -0.1) is 0 Å². The molecule has 190 valence electrons. The van der Waals surface area contributed by atoms with Crippen molar-refractivity contribution in [1.82, 2.24) is 29.5 Å². The minimum Gasteiger partial charge on any atom is -0.457 e. The van der Waals surface area contributed by atoms with Crippen LogP contribution in [-0.4, -0.2) is 29.5 Å². The summed E-state index contributed by atoms with van der Waals surface area (Å²) in [5.41, 5.74) is 5.72. The van der Waals surface area contributed by atoms with Gasteiger partial charge in [-0.1, -0.05) is 20.8 Å². The molecule has 0 saturated carbocycles. The van der Waals surface area contributed by atoms with Crippen molar-refractivity contribution in [2.45, 2.75) is 26.2 Å². The third kappa shape index (κ3) is 4.54. The summed E-state index contributed by atoms with van der Waals surface area (Å²) < 4.78 is 21.3. The number of ether oxygens (including phenoxy) is 1. The van der Waals surface area contributed by atoms with E-state index in [-0.39, 0.29) is 11.2 Å².